The SMILES string of the molecule is CCn1nc(C(=O)Nc2cccc(C)c2)c2ccccc2c1=O. The van der Waals surface area contributed by atoms with E-state index in [0.29, 0.717) is 23.0 Å². The Bertz CT molecular complexity index is 944. The highest BCUT2D eigenvalue weighted by Crippen LogP contribution is 2.16. The van der Waals surface area contributed by atoms with E-state index in [1.165, 1.54) is 4.68 Å². The molecule has 1 heterocycles. The van der Waals surface area contributed by atoms with E-state index in [4.69, 9.17) is 0 Å². The average molecular weight is 307 g/mol. The number of hydrogen-bond acceptors (Lipinski definition) is 3. The zero-order valence-corrected chi connectivity index (χ0v) is 13.0. The summed E-state index contributed by atoms with van der Waals surface area (Å²) in [5.74, 6) is -0.325. The minimum atomic E-state index is -0.325. The fraction of sp³-hybridized carbons (Fsp3) is 0.167. The molecule has 116 valence electrons. The summed E-state index contributed by atoms with van der Waals surface area (Å²) in [6, 6.07) is 14.6. The summed E-state index contributed by atoms with van der Waals surface area (Å²) >= 11 is 0. The van der Waals surface area contributed by atoms with Crippen LogP contribution in [0.25, 0.3) is 10.8 Å². The number of carbonyl (C=O) groups excluding carboxylic acids is 1. The molecular formula is C18H17N3O2. The molecule has 3 aromatic rings. The molecule has 1 aromatic heterocycles. The molecule has 23 heavy (non-hydrogen) atoms. The lowest BCUT2D eigenvalue weighted by molar-refractivity contribution is 0.102. The molecule has 0 bridgehead atoms. The van der Waals surface area contributed by atoms with Gasteiger partial charge in [-0.05, 0) is 37.6 Å². The Hall–Kier alpha value is -2.95. The molecule has 5 heteroatoms. The lowest BCUT2D eigenvalue weighted by Crippen LogP contribution is -2.27. The monoisotopic (exact) mass is 307 g/mol. The van der Waals surface area contributed by atoms with Crippen LogP contribution in [0.5, 0.6) is 0 Å². The molecule has 2 aromatic carbocycles. The van der Waals surface area contributed by atoms with Gasteiger partial charge in [-0.2, -0.15) is 5.10 Å². The van der Waals surface area contributed by atoms with E-state index in [2.05, 4.69) is 10.4 Å². The molecule has 0 aliphatic heterocycles. The number of amides is 1. The van der Waals surface area contributed by atoms with Gasteiger partial charge in [0.15, 0.2) is 5.69 Å². The largest absolute Gasteiger partial charge is 0.321 e. The summed E-state index contributed by atoms with van der Waals surface area (Å²) in [6.07, 6.45) is 0. The molecule has 0 saturated carbocycles. The fourth-order valence-electron chi connectivity index (χ4n) is 2.53. The van der Waals surface area contributed by atoms with Crippen molar-refractivity contribution in [2.24, 2.45) is 0 Å². The molecule has 5 nitrogen and oxygen atoms in total. The van der Waals surface area contributed by atoms with Gasteiger partial charge < -0.3 is 5.32 Å². The second kappa shape index (κ2) is 6.04. The van der Waals surface area contributed by atoms with Gasteiger partial charge >= 0.3 is 0 Å². The van der Waals surface area contributed by atoms with Crippen molar-refractivity contribution >= 4 is 22.4 Å². The smallest absolute Gasteiger partial charge is 0.276 e. The third-order valence-electron chi connectivity index (χ3n) is 3.66. The average Bonchev–Trinajstić information content (AvgIpc) is 2.55. The number of anilines is 1. The molecule has 0 aliphatic rings. The lowest BCUT2D eigenvalue weighted by atomic mass is 10.1. The standard InChI is InChI=1S/C18H17N3O2/c1-3-21-18(23)15-10-5-4-9-14(15)16(20-21)17(22)19-13-8-6-7-12(2)11-13/h4-11H,3H2,1-2H3,(H,19,22). The summed E-state index contributed by atoms with van der Waals surface area (Å²) in [6.45, 7) is 4.19. The Labute approximate surface area is 133 Å². The van der Waals surface area contributed by atoms with Crippen molar-refractivity contribution < 1.29 is 4.79 Å². The van der Waals surface area contributed by atoms with Crippen LogP contribution >= 0.6 is 0 Å². The molecule has 0 aliphatic carbocycles. The number of nitrogens with one attached hydrogen (secondary N) is 1. The Kier molecular flexibility index (Phi) is 3.93. The number of carbonyl (C=O) groups is 1. The molecule has 0 unspecified atom stereocenters. The Morgan fingerprint density at radius 3 is 2.57 bits per heavy atom. The number of fused-ring (bicyclic) bond motifs is 1. The summed E-state index contributed by atoms with van der Waals surface area (Å²) in [5.41, 5.74) is 1.83. The first-order chi connectivity index (χ1) is 11.1. The molecule has 0 fully saturated rings. The first-order valence-electron chi connectivity index (χ1n) is 7.48. The van der Waals surface area contributed by atoms with Crippen LogP contribution in [0, 0.1) is 6.92 Å². The normalized spacial score (nSPS) is 10.7. The molecule has 1 N–H and O–H groups in total. The topological polar surface area (TPSA) is 64.0 Å². The van der Waals surface area contributed by atoms with Gasteiger partial charge in [-0.25, -0.2) is 4.68 Å². The quantitative estimate of drug-likeness (QED) is 0.809. The van der Waals surface area contributed by atoms with Crippen LogP contribution in [0.1, 0.15) is 23.0 Å². The Morgan fingerprint density at radius 2 is 1.87 bits per heavy atom. The van der Waals surface area contributed by atoms with E-state index < -0.39 is 0 Å². The second-order valence-corrected chi connectivity index (χ2v) is 5.34. The maximum atomic E-state index is 12.6. The Morgan fingerprint density at radius 1 is 1.13 bits per heavy atom. The van der Waals surface area contributed by atoms with Crippen molar-refractivity contribution in [1.82, 2.24) is 9.78 Å². The number of rotatable bonds is 3. The molecule has 1 amide bonds. The minimum Gasteiger partial charge on any atom is -0.321 e. The summed E-state index contributed by atoms with van der Waals surface area (Å²) in [5, 5.41) is 8.14. The van der Waals surface area contributed by atoms with E-state index in [0.717, 1.165) is 5.56 Å². The van der Waals surface area contributed by atoms with Crippen LogP contribution < -0.4 is 10.9 Å². The highest BCUT2D eigenvalue weighted by atomic mass is 16.2. The number of aromatic nitrogens is 2. The maximum absolute atomic E-state index is 12.6. The van der Waals surface area contributed by atoms with Crippen molar-refractivity contribution in [3.05, 3.63) is 70.1 Å². The van der Waals surface area contributed by atoms with Crippen molar-refractivity contribution in [2.75, 3.05) is 5.32 Å². The molecule has 0 saturated heterocycles. The van der Waals surface area contributed by atoms with Gasteiger partial charge in [-0.1, -0.05) is 30.3 Å². The zero-order valence-electron chi connectivity index (χ0n) is 13.0. The third kappa shape index (κ3) is 2.85. The van der Waals surface area contributed by atoms with Crippen LogP contribution in [0.3, 0.4) is 0 Å². The lowest BCUT2D eigenvalue weighted by Gasteiger charge is -2.10. The van der Waals surface area contributed by atoms with E-state index in [1.54, 1.807) is 24.3 Å². The maximum Gasteiger partial charge on any atom is 0.276 e. The van der Waals surface area contributed by atoms with Crippen LogP contribution in [0.2, 0.25) is 0 Å². The molecular weight excluding hydrogens is 290 g/mol. The molecule has 3 rings (SSSR count). The zero-order chi connectivity index (χ0) is 16.4. The van der Waals surface area contributed by atoms with E-state index in [-0.39, 0.29) is 17.2 Å². The van der Waals surface area contributed by atoms with Gasteiger partial charge in [-0.3, -0.25) is 9.59 Å². The van der Waals surface area contributed by atoms with Crippen LogP contribution in [-0.2, 0) is 6.54 Å². The van der Waals surface area contributed by atoms with E-state index in [9.17, 15) is 9.59 Å². The van der Waals surface area contributed by atoms with Crippen LogP contribution in [0.4, 0.5) is 5.69 Å². The molecule has 0 spiro atoms. The predicted octanol–water partition coefficient (Wildman–Crippen LogP) is 2.98. The van der Waals surface area contributed by atoms with Crippen molar-refractivity contribution in [1.29, 1.82) is 0 Å². The first kappa shape index (κ1) is 15.0. The second-order valence-electron chi connectivity index (χ2n) is 5.34. The summed E-state index contributed by atoms with van der Waals surface area (Å²) in [4.78, 5) is 24.9. The van der Waals surface area contributed by atoms with Crippen LogP contribution in [0.15, 0.2) is 53.3 Å². The van der Waals surface area contributed by atoms with Gasteiger partial charge in [-0.15, -0.1) is 0 Å². The minimum absolute atomic E-state index is 0.185. The van der Waals surface area contributed by atoms with E-state index in [1.807, 2.05) is 38.1 Å². The predicted molar refractivity (Wildman–Crippen MR) is 90.8 cm³/mol. The molecule has 0 radical (unpaired) electrons. The van der Waals surface area contributed by atoms with Crippen LogP contribution in [-0.4, -0.2) is 15.7 Å². The summed E-state index contributed by atoms with van der Waals surface area (Å²) in [7, 11) is 0. The van der Waals surface area contributed by atoms with Crippen molar-refractivity contribution in [3.63, 3.8) is 0 Å². The number of hydrogen-bond donors (Lipinski definition) is 1. The van der Waals surface area contributed by atoms with Gasteiger partial charge in [0.2, 0.25) is 0 Å². The van der Waals surface area contributed by atoms with E-state index >= 15 is 0 Å². The van der Waals surface area contributed by atoms with Crippen molar-refractivity contribution in [2.45, 2.75) is 20.4 Å². The number of aryl methyl sites for hydroxylation is 2. The Balaban J connectivity index is 2.10. The number of nitrogens with zero attached hydrogens (tertiary/aromatic N) is 2. The number of benzene rings is 2. The highest BCUT2D eigenvalue weighted by Gasteiger charge is 2.16. The molecule has 0 atom stereocenters. The van der Waals surface area contributed by atoms with Gasteiger partial charge in [0, 0.05) is 17.6 Å². The van der Waals surface area contributed by atoms with Gasteiger partial charge in [0.05, 0.1) is 5.39 Å². The summed E-state index contributed by atoms with van der Waals surface area (Å²) < 4.78 is 1.31. The van der Waals surface area contributed by atoms with Crippen molar-refractivity contribution in [3.8, 4) is 0 Å². The van der Waals surface area contributed by atoms with Gasteiger partial charge in [0.25, 0.3) is 11.5 Å². The highest BCUT2D eigenvalue weighted by molar-refractivity contribution is 6.11. The van der Waals surface area contributed by atoms with Gasteiger partial charge in [0.1, 0.15) is 0 Å². The first-order valence-corrected chi connectivity index (χ1v) is 7.48. The third-order valence-corrected chi connectivity index (χ3v) is 3.66. The fourth-order valence-corrected chi connectivity index (χ4v) is 2.53.